The maximum Gasteiger partial charge on any atom is 0.275 e. The highest BCUT2D eigenvalue weighted by Crippen LogP contribution is 2.12. The Morgan fingerprint density at radius 1 is 1.19 bits per heavy atom. The minimum absolute atomic E-state index is 0.313. The number of aromatic nitrogens is 6. The summed E-state index contributed by atoms with van der Waals surface area (Å²) in [4.78, 5) is 20.9. The van der Waals surface area contributed by atoms with E-state index in [4.69, 9.17) is 0 Å². The van der Waals surface area contributed by atoms with Crippen LogP contribution < -0.4 is 5.32 Å². The Balaban J connectivity index is 1.54. The van der Waals surface area contributed by atoms with Crippen molar-refractivity contribution in [2.45, 2.75) is 20.4 Å². The largest absolute Gasteiger partial charge is 0.304 e. The minimum atomic E-state index is -0.313. The smallest absolute Gasteiger partial charge is 0.275 e. The third kappa shape index (κ3) is 3.04. The predicted molar refractivity (Wildman–Crippen MR) is 96.0 cm³/mol. The van der Waals surface area contributed by atoms with Gasteiger partial charge in [-0.2, -0.15) is 19.7 Å². The van der Waals surface area contributed by atoms with Crippen LogP contribution >= 0.6 is 0 Å². The fourth-order valence-corrected chi connectivity index (χ4v) is 2.75. The zero-order valence-corrected chi connectivity index (χ0v) is 14.4. The van der Waals surface area contributed by atoms with Crippen LogP contribution in [0.2, 0.25) is 0 Å². The molecule has 1 amide bonds. The Kier molecular flexibility index (Phi) is 3.92. The molecule has 0 unspecified atom stereocenters. The van der Waals surface area contributed by atoms with Gasteiger partial charge in [-0.15, -0.1) is 0 Å². The number of nitrogens with zero attached hydrogens (tertiary/aromatic N) is 6. The van der Waals surface area contributed by atoms with Crippen molar-refractivity contribution in [3.63, 3.8) is 0 Å². The second-order valence-electron chi connectivity index (χ2n) is 6.03. The van der Waals surface area contributed by atoms with E-state index in [1.807, 2.05) is 25.3 Å². The molecule has 26 heavy (non-hydrogen) atoms. The van der Waals surface area contributed by atoms with Gasteiger partial charge in [0.1, 0.15) is 12.0 Å². The van der Waals surface area contributed by atoms with Gasteiger partial charge in [-0.1, -0.05) is 24.3 Å². The first-order valence-corrected chi connectivity index (χ1v) is 8.17. The molecule has 3 aromatic heterocycles. The molecular weight excluding hydrogens is 330 g/mol. The minimum Gasteiger partial charge on any atom is -0.304 e. The van der Waals surface area contributed by atoms with Gasteiger partial charge in [0, 0.05) is 18.0 Å². The second kappa shape index (κ2) is 6.40. The molecule has 3 heterocycles. The van der Waals surface area contributed by atoms with Crippen molar-refractivity contribution in [2.75, 3.05) is 5.32 Å². The van der Waals surface area contributed by atoms with Crippen molar-refractivity contribution in [1.29, 1.82) is 0 Å². The van der Waals surface area contributed by atoms with E-state index in [1.165, 1.54) is 22.0 Å². The van der Waals surface area contributed by atoms with Gasteiger partial charge >= 0.3 is 0 Å². The Labute approximate surface area is 149 Å². The third-order valence-electron chi connectivity index (χ3n) is 4.09. The second-order valence-corrected chi connectivity index (χ2v) is 6.03. The van der Waals surface area contributed by atoms with Crippen molar-refractivity contribution in [1.82, 2.24) is 29.4 Å². The molecule has 8 heteroatoms. The van der Waals surface area contributed by atoms with Crippen molar-refractivity contribution in [3.05, 3.63) is 71.4 Å². The number of benzene rings is 1. The number of hydrogen-bond donors (Lipinski definition) is 1. The van der Waals surface area contributed by atoms with E-state index in [9.17, 15) is 4.79 Å². The van der Waals surface area contributed by atoms with Gasteiger partial charge in [0.15, 0.2) is 5.82 Å². The van der Waals surface area contributed by atoms with Gasteiger partial charge in [-0.25, -0.2) is 4.98 Å². The molecule has 0 fully saturated rings. The molecule has 0 atom stereocenters. The molecule has 0 saturated carbocycles. The van der Waals surface area contributed by atoms with Gasteiger partial charge in [0.05, 0.1) is 6.54 Å². The van der Waals surface area contributed by atoms with Crippen LogP contribution in [0.3, 0.4) is 0 Å². The number of fused-ring (bicyclic) bond motifs is 1. The Morgan fingerprint density at radius 3 is 2.88 bits per heavy atom. The predicted octanol–water partition coefficient (Wildman–Crippen LogP) is 2.24. The lowest BCUT2D eigenvalue weighted by Crippen LogP contribution is -2.18. The monoisotopic (exact) mass is 347 g/mol. The summed E-state index contributed by atoms with van der Waals surface area (Å²) >= 11 is 0. The molecule has 0 aliphatic carbocycles. The molecule has 130 valence electrons. The topological polar surface area (TPSA) is 90.0 Å². The average molecular weight is 347 g/mol. The fraction of sp³-hybridized carbons (Fsp3) is 0.167. The van der Waals surface area contributed by atoms with Crippen LogP contribution in [0.5, 0.6) is 0 Å². The lowest BCUT2D eigenvalue weighted by Gasteiger charge is -2.06. The highest BCUT2D eigenvalue weighted by atomic mass is 16.2. The number of nitrogens with one attached hydrogen (secondary N) is 1. The van der Waals surface area contributed by atoms with E-state index in [1.54, 1.807) is 16.8 Å². The summed E-state index contributed by atoms with van der Waals surface area (Å²) in [5.74, 6) is 0.554. The molecule has 0 spiro atoms. The summed E-state index contributed by atoms with van der Waals surface area (Å²) in [6.45, 7) is 4.52. The van der Waals surface area contributed by atoms with E-state index >= 15 is 0 Å². The number of rotatable bonds is 4. The number of hydrogen-bond acceptors (Lipinski definition) is 5. The van der Waals surface area contributed by atoms with Crippen LogP contribution in [0.1, 0.15) is 27.3 Å². The van der Waals surface area contributed by atoms with Gasteiger partial charge < -0.3 is 5.32 Å². The lowest BCUT2D eigenvalue weighted by atomic mass is 10.1. The molecule has 0 bridgehead atoms. The number of carbonyl (C=O) groups excluding carboxylic acids is 1. The third-order valence-corrected chi connectivity index (χ3v) is 4.09. The first-order valence-electron chi connectivity index (χ1n) is 8.17. The van der Waals surface area contributed by atoms with Crippen molar-refractivity contribution >= 4 is 17.5 Å². The fourth-order valence-electron chi connectivity index (χ4n) is 2.75. The van der Waals surface area contributed by atoms with E-state index in [-0.39, 0.29) is 5.91 Å². The highest BCUT2D eigenvalue weighted by Gasteiger charge is 2.15. The molecule has 0 aliphatic rings. The molecule has 1 aromatic carbocycles. The van der Waals surface area contributed by atoms with Crippen LogP contribution in [0, 0.1) is 13.8 Å². The Bertz CT molecular complexity index is 1100. The quantitative estimate of drug-likeness (QED) is 0.611. The van der Waals surface area contributed by atoms with Crippen LogP contribution in [0.25, 0.3) is 5.78 Å². The average Bonchev–Trinajstić information content (AvgIpc) is 3.25. The van der Waals surface area contributed by atoms with E-state index in [0.29, 0.717) is 29.5 Å². The molecule has 0 aliphatic heterocycles. The van der Waals surface area contributed by atoms with Crippen LogP contribution in [0.4, 0.5) is 5.82 Å². The lowest BCUT2D eigenvalue weighted by molar-refractivity contribution is 0.101. The first-order chi connectivity index (χ1) is 12.6. The Hall–Kier alpha value is -3.55. The van der Waals surface area contributed by atoms with E-state index in [2.05, 4.69) is 44.5 Å². The molecule has 0 radical (unpaired) electrons. The summed E-state index contributed by atoms with van der Waals surface area (Å²) < 4.78 is 3.20. The summed E-state index contributed by atoms with van der Waals surface area (Å²) in [6, 6.07) is 11.6. The SMILES string of the molecule is Cc1cc(C(=O)Nc2ccn(Cc3ccccc3C)n2)n2ncnc2n1. The molecule has 8 nitrogen and oxygen atoms in total. The molecule has 4 rings (SSSR count). The summed E-state index contributed by atoms with van der Waals surface area (Å²) in [7, 11) is 0. The number of aryl methyl sites for hydroxylation is 2. The number of anilines is 1. The van der Waals surface area contributed by atoms with Crippen LogP contribution in [0.15, 0.2) is 48.9 Å². The molecule has 4 aromatic rings. The highest BCUT2D eigenvalue weighted by molar-refractivity contribution is 6.02. The van der Waals surface area contributed by atoms with Crippen LogP contribution in [-0.4, -0.2) is 35.3 Å². The summed E-state index contributed by atoms with van der Waals surface area (Å²) in [6.07, 6.45) is 3.21. The zero-order chi connectivity index (χ0) is 18.1. The van der Waals surface area contributed by atoms with Crippen LogP contribution in [-0.2, 0) is 6.54 Å². The van der Waals surface area contributed by atoms with Gasteiger partial charge in [-0.3, -0.25) is 9.48 Å². The summed E-state index contributed by atoms with van der Waals surface area (Å²) in [5, 5.41) is 11.3. The zero-order valence-electron chi connectivity index (χ0n) is 14.4. The molecule has 0 saturated heterocycles. The molecule has 1 N–H and O–H groups in total. The van der Waals surface area contributed by atoms with Crippen molar-refractivity contribution in [3.8, 4) is 0 Å². The Morgan fingerprint density at radius 2 is 2.04 bits per heavy atom. The van der Waals surface area contributed by atoms with Crippen molar-refractivity contribution < 1.29 is 4.79 Å². The number of carbonyl (C=O) groups is 1. The van der Waals surface area contributed by atoms with E-state index in [0.717, 1.165) is 0 Å². The van der Waals surface area contributed by atoms with Crippen molar-refractivity contribution in [2.24, 2.45) is 0 Å². The standard InChI is InChI=1S/C18H17N7O/c1-12-5-3-4-6-14(12)10-24-8-7-16(23-24)22-17(26)15-9-13(2)21-18-19-11-20-25(15)18/h3-9,11H,10H2,1-2H3,(H,22,23,26). The van der Waals surface area contributed by atoms with Gasteiger partial charge in [0.2, 0.25) is 0 Å². The summed E-state index contributed by atoms with van der Waals surface area (Å²) in [5.41, 5.74) is 3.44. The maximum absolute atomic E-state index is 12.6. The molecular formula is C18H17N7O. The van der Waals surface area contributed by atoms with E-state index < -0.39 is 0 Å². The van der Waals surface area contributed by atoms with Gasteiger partial charge in [0.25, 0.3) is 11.7 Å². The maximum atomic E-state index is 12.6. The first kappa shape index (κ1) is 15.9. The normalized spacial score (nSPS) is 11.0. The number of amides is 1. The van der Waals surface area contributed by atoms with Gasteiger partial charge in [-0.05, 0) is 31.0 Å².